The Labute approximate surface area is 144 Å². The Balaban J connectivity index is 1.91. The molecule has 1 N–H and O–H groups in total. The minimum Gasteiger partial charge on any atom is -0.368 e. The lowest BCUT2D eigenvalue weighted by atomic mass is 10.1. The van der Waals surface area contributed by atoms with Gasteiger partial charge in [-0.15, -0.1) is 0 Å². The summed E-state index contributed by atoms with van der Waals surface area (Å²) in [4.78, 5) is 10.00. The minimum absolute atomic E-state index is 0.0254. The highest BCUT2D eigenvalue weighted by atomic mass is 19.3. The number of rotatable bonds is 6. The van der Waals surface area contributed by atoms with Crippen molar-refractivity contribution in [3.05, 3.63) is 48.0 Å². The highest BCUT2D eigenvalue weighted by molar-refractivity contribution is 5.89. The van der Waals surface area contributed by atoms with Crippen LogP contribution in [-0.2, 0) is 7.05 Å². The number of hydrogen-bond acceptors (Lipinski definition) is 5. The standard InChI is InChI=1S/C17H20F2N6/c1-24(2)14(11-8-21-25(3)10-11)9-20-16-12-6-4-5-7-13(12)22-17(23-16)15(18)19/h4-8,10,14-15H,9H2,1-3H3,(H,20,22,23). The van der Waals surface area contributed by atoms with Gasteiger partial charge in [-0.2, -0.15) is 5.10 Å². The number of likely N-dealkylation sites (N-methyl/N-ethyl adjacent to an activating group) is 1. The molecule has 6 nitrogen and oxygen atoms in total. The van der Waals surface area contributed by atoms with E-state index < -0.39 is 12.2 Å². The zero-order chi connectivity index (χ0) is 18.0. The second-order valence-electron chi connectivity index (χ2n) is 6.06. The predicted octanol–water partition coefficient (Wildman–Crippen LogP) is 3.02. The fourth-order valence-electron chi connectivity index (χ4n) is 2.73. The summed E-state index contributed by atoms with van der Waals surface area (Å²) in [5.74, 6) is -0.0550. The predicted molar refractivity (Wildman–Crippen MR) is 92.6 cm³/mol. The van der Waals surface area contributed by atoms with Gasteiger partial charge in [0.15, 0.2) is 5.82 Å². The van der Waals surface area contributed by atoms with E-state index in [2.05, 4.69) is 20.4 Å². The molecule has 0 aliphatic carbocycles. The van der Waals surface area contributed by atoms with Crippen molar-refractivity contribution >= 4 is 16.7 Å². The first kappa shape index (κ1) is 17.2. The molecule has 0 aliphatic rings. The molecule has 0 saturated carbocycles. The number of nitrogens with one attached hydrogen (secondary N) is 1. The van der Waals surface area contributed by atoms with Crippen LogP contribution >= 0.6 is 0 Å². The van der Waals surface area contributed by atoms with Gasteiger partial charge in [0.25, 0.3) is 6.43 Å². The van der Waals surface area contributed by atoms with Crippen molar-refractivity contribution in [2.24, 2.45) is 7.05 Å². The first-order chi connectivity index (χ1) is 12.0. The van der Waals surface area contributed by atoms with Crippen molar-refractivity contribution in [3.8, 4) is 0 Å². The summed E-state index contributed by atoms with van der Waals surface area (Å²) in [5.41, 5.74) is 1.53. The van der Waals surface area contributed by atoms with Gasteiger partial charge in [0.05, 0.1) is 17.8 Å². The maximum atomic E-state index is 13.1. The summed E-state index contributed by atoms with van der Waals surface area (Å²) < 4.78 is 27.9. The monoisotopic (exact) mass is 346 g/mol. The Kier molecular flexibility index (Phi) is 4.89. The molecule has 25 heavy (non-hydrogen) atoms. The Morgan fingerprint density at radius 3 is 2.60 bits per heavy atom. The van der Waals surface area contributed by atoms with Gasteiger partial charge in [0.1, 0.15) is 5.82 Å². The zero-order valence-electron chi connectivity index (χ0n) is 14.3. The average molecular weight is 346 g/mol. The summed E-state index contributed by atoms with van der Waals surface area (Å²) in [6.45, 7) is 0.502. The van der Waals surface area contributed by atoms with Crippen LogP contribution in [0.25, 0.3) is 10.9 Å². The number of aryl methyl sites for hydroxylation is 1. The molecule has 1 aromatic carbocycles. The Bertz CT molecular complexity index is 861. The van der Waals surface area contributed by atoms with E-state index in [0.29, 0.717) is 17.9 Å². The van der Waals surface area contributed by atoms with E-state index in [9.17, 15) is 8.78 Å². The third-order valence-corrected chi connectivity index (χ3v) is 4.01. The number of halogens is 2. The number of fused-ring (bicyclic) bond motifs is 1. The largest absolute Gasteiger partial charge is 0.368 e. The van der Waals surface area contributed by atoms with Gasteiger partial charge < -0.3 is 10.2 Å². The first-order valence-corrected chi connectivity index (χ1v) is 7.89. The van der Waals surface area contributed by atoms with E-state index in [1.165, 1.54) is 0 Å². The molecular weight excluding hydrogens is 326 g/mol. The Morgan fingerprint density at radius 1 is 1.20 bits per heavy atom. The number of para-hydroxylation sites is 1. The molecule has 0 aliphatic heterocycles. The summed E-state index contributed by atoms with van der Waals surface area (Å²) in [7, 11) is 5.78. The summed E-state index contributed by atoms with van der Waals surface area (Å²) in [6, 6.07) is 7.16. The van der Waals surface area contributed by atoms with E-state index in [0.717, 1.165) is 10.9 Å². The van der Waals surface area contributed by atoms with E-state index in [1.54, 1.807) is 23.0 Å². The molecule has 0 bridgehead atoms. The summed E-state index contributed by atoms with van der Waals surface area (Å²) in [5, 5.41) is 8.13. The highest BCUT2D eigenvalue weighted by Crippen LogP contribution is 2.25. The third kappa shape index (κ3) is 3.74. The Hall–Kier alpha value is -2.61. The van der Waals surface area contributed by atoms with Crippen molar-refractivity contribution in [2.45, 2.75) is 12.5 Å². The smallest absolute Gasteiger partial charge is 0.297 e. The van der Waals surface area contributed by atoms with Gasteiger partial charge in [-0.25, -0.2) is 18.7 Å². The lowest BCUT2D eigenvalue weighted by Crippen LogP contribution is -2.27. The maximum Gasteiger partial charge on any atom is 0.297 e. The molecule has 0 amide bonds. The van der Waals surface area contributed by atoms with E-state index >= 15 is 0 Å². The van der Waals surface area contributed by atoms with Crippen molar-refractivity contribution in [2.75, 3.05) is 26.0 Å². The molecule has 1 atom stereocenters. The SMILES string of the molecule is CN(C)C(CNc1nc(C(F)F)nc2ccccc12)c1cnn(C)c1. The van der Waals surface area contributed by atoms with Crippen LogP contribution in [0.1, 0.15) is 23.9 Å². The third-order valence-electron chi connectivity index (χ3n) is 4.01. The fourth-order valence-corrected chi connectivity index (χ4v) is 2.73. The van der Waals surface area contributed by atoms with Gasteiger partial charge in [0, 0.05) is 30.7 Å². The topological polar surface area (TPSA) is 58.9 Å². The second-order valence-corrected chi connectivity index (χ2v) is 6.06. The first-order valence-electron chi connectivity index (χ1n) is 7.89. The van der Waals surface area contributed by atoms with Crippen molar-refractivity contribution in [1.29, 1.82) is 0 Å². The van der Waals surface area contributed by atoms with Gasteiger partial charge in [0.2, 0.25) is 0 Å². The lowest BCUT2D eigenvalue weighted by Gasteiger charge is -2.24. The average Bonchev–Trinajstić information content (AvgIpc) is 3.00. The van der Waals surface area contributed by atoms with Gasteiger partial charge in [-0.3, -0.25) is 4.68 Å². The molecule has 0 fully saturated rings. The number of anilines is 1. The number of alkyl halides is 2. The van der Waals surface area contributed by atoms with Crippen molar-refractivity contribution < 1.29 is 8.78 Å². The molecule has 2 heterocycles. The van der Waals surface area contributed by atoms with E-state index in [-0.39, 0.29) is 6.04 Å². The molecule has 0 saturated heterocycles. The number of hydrogen-bond donors (Lipinski definition) is 1. The molecule has 2 aromatic heterocycles. The van der Waals surface area contributed by atoms with Crippen LogP contribution in [0.5, 0.6) is 0 Å². The molecule has 0 spiro atoms. The van der Waals surface area contributed by atoms with Crippen LogP contribution in [0.4, 0.5) is 14.6 Å². The normalized spacial score (nSPS) is 12.9. The van der Waals surface area contributed by atoms with Crippen molar-refractivity contribution in [3.63, 3.8) is 0 Å². The molecule has 1 unspecified atom stereocenters. The van der Waals surface area contributed by atoms with Crippen LogP contribution in [0.2, 0.25) is 0 Å². The van der Waals surface area contributed by atoms with Crippen LogP contribution in [0.3, 0.4) is 0 Å². The highest BCUT2D eigenvalue weighted by Gasteiger charge is 2.18. The number of nitrogens with zero attached hydrogens (tertiary/aromatic N) is 5. The zero-order valence-corrected chi connectivity index (χ0v) is 14.3. The van der Waals surface area contributed by atoms with Crippen LogP contribution in [0, 0.1) is 0 Å². The van der Waals surface area contributed by atoms with E-state index in [4.69, 9.17) is 0 Å². The van der Waals surface area contributed by atoms with E-state index in [1.807, 2.05) is 44.4 Å². The van der Waals surface area contributed by atoms with Gasteiger partial charge >= 0.3 is 0 Å². The minimum atomic E-state index is -2.71. The Morgan fingerprint density at radius 2 is 1.96 bits per heavy atom. The lowest BCUT2D eigenvalue weighted by molar-refractivity contribution is 0.141. The van der Waals surface area contributed by atoms with Gasteiger partial charge in [-0.05, 0) is 26.2 Å². The number of benzene rings is 1. The number of aromatic nitrogens is 4. The molecule has 132 valence electrons. The summed E-state index contributed by atoms with van der Waals surface area (Å²) >= 11 is 0. The molecule has 3 rings (SSSR count). The van der Waals surface area contributed by atoms with Crippen LogP contribution < -0.4 is 5.32 Å². The van der Waals surface area contributed by atoms with Crippen molar-refractivity contribution in [1.82, 2.24) is 24.6 Å². The summed E-state index contributed by atoms with van der Waals surface area (Å²) in [6.07, 6.45) is 1.03. The van der Waals surface area contributed by atoms with Gasteiger partial charge in [-0.1, -0.05) is 12.1 Å². The second kappa shape index (κ2) is 7.10. The molecule has 3 aromatic rings. The quantitative estimate of drug-likeness (QED) is 0.743. The fraction of sp³-hybridized carbons (Fsp3) is 0.353. The van der Waals surface area contributed by atoms with Crippen LogP contribution in [0.15, 0.2) is 36.7 Å². The molecular formula is C17H20F2N6. The molecule has 8 heteroatoms. The van der Waals surface area contributed by atoms with Crippen LogP contribution in [-0.4, -0.2) is 45.3 Å². The maximum absolute atomic E-state index is 13.1. The molecule has 0 radical (unpaired) electrons.